The lowest BCUT2D eigenvalue weighted by molar-refractivity contribution is 0.390. The second kappa shape index (κ2) is 4.97. The third-order valence-electron chi connectivity index (χ3n) is 3.15. The Kier molecular flexibility index (Phi) is 3.68. The maximum atomic E-state index is 5.99. The first-order valence-corrected chi connectivity index (χ1v) is 6.96. The van der Waals surface area contributed by atoms with Crippen LogP contribution in [0.25, 0.3) is 11.4 Å². The molecule has 0 radical (unpaired) electrons. The Morgan fingerprint density at radius 3 is 2.42 bits per heavy atom. The summed E-state index contributed by atoms with van der Waals surface area (Å²) in [5.74, 6) is 2.07. The number of alkyl halides is 1. The Morgan fingerprint density at radius 2 is 1.84 bits per heavy atom. The molecule has 0 N–H and O–H groups in total. The number of nitrogens with zero attached hydrogens (tertiary/aromatic N) is 3. The number of aryl methyl sites for hydroxylation is 2. The van der Waals surface area contributed by atoms with Crippen LogP contribution in [0.3, 0.4) is 0 Å². The van der Waals surface area contributed by atoms with E-state index in [1.54, 1.807) is 0 Å². The average molecular weight is 278 g/mol. The molecule has 0 aliphatic heterocycles. The Labute approximate surface area is 119 Å². The Balaban J connectivity index is 2.69. The molecule has 0 saturated heterocycles. The molecule has 0 spiro atoms. The molecule has 1 aromatic heterocycles. The van der Waals surface area contributed by atoms with Gasteiger partial charge in [0.05, 0.1) is 5.88 Å². The molecule has 2 rings (SSSR count). The van der Waals surface area contributed by atoms with Crippen molar-refractivity contribution in [2.24, 2.45) is 0 Å². The summed E-state index contributed by atoms with van der Waals surface area (Å²) in [5, 5.41) is 8.58. The molecule has 0 atom stereocenters. The normalized spacial score (nSPS) is 11.9. The monoisotopic (exact) mass is 277 g/mol. The van der Waals surface area contributed by atoms with Gasteiger partial charge in [-0.25, -0.2) is 0 Å². The van der Waals surface area contributed by atoms with E-state index in [0.29, 0.717) is 5.88 Å². The van der Waals surface area contributed by atoms with E-state index in [1.165, 1.54) is 11.1 Å². The molecule has 2 aromatic rings. The first-order chi connectivity index (χ1) is 8.84. The number of halogens is 1. The van der Waals surface area contributed by atoms with Crippen LogP contribution in [0.4, 0.5) is 0 Å². The number of aromatic nitrogens is 3. The fraction of sp³-hybridized carbons (Fsp3) is 0.467. The van der Waals surface area contributed by atoms with E-state index in [-0.39, 0.29) is 5.54 Å². The van der Waals surface area contributed by atoms with Crippen LogP contribution in [0.15, 0.2) is 18.2 Å². The maximum absolute atomic E-state index is 5.99. The molecular weight excluding hydrogens is 258 g/mol. The van der Waals surface area contributed by atoms with Crippen LogP contribution >= 0.6 is 11.6 Å². The largest absolute Gasteiger partial charge is 0.305 e. The minimum Gasteiger partial charge on any atom is -0.305 e. The Bertz CT molecular complexity index is 594. The van der Waals surface area contributed by atoms with Crippen molar-refractivity contribution in [2.45, 2.75) is 46.0 Å². The summed E-state index contributed by atoms with van der Waals surface area (Å²) in [6.07, 6.45) is 0. The summed E-state index contributed by atoms with van der Waals surface area (Å²) in [7, 11) is 0. The van der Waals surface area contributed by atoms with Crippen LogP contribution < -0.4 is 0 Å². The van der Waals surface area contributed by atoms with E-state index in [1.807, 2.05) is 0 Å². The van der Waals surface area contributed by atoms with Gasteiger partial charge < -0.3 is 4.57 Å². The van der Waals surface area contributed by atoms with Gasteiger partial charge in [-0.3, -0.25) is 0 Å². The topological polar surface area (TPSA) is 30.7 Å². The molecule has 4 heteroatoms. The van der Waals surface area contributed by atoms with Gasteiger partial charge in [-0.15, -0.1) is 21.8 Å². The smallest absolute Gasteiger partial charge is 0.164 e. The minimum atomic E-state index is -0.0980. The highest BCUT2D eigenvalue weighted by atomic mass is 35.5. The molecule has 0 saturated carbocycles. The zero-order valence-corrected chi connectivity index (χ0v) is 12.9. The summed E-state index contributed by atoms with van der Waals surface area (Å²) < 4.78 is 2.13. The fourth-order valence-corrected chi connectivity index (χ4v) is 2.43. The zero-order valence-electron chi connectivity index (χ0n) is 12.2. The van der Waals surface area contributed by atoms with Crippen molar-refractivity contribution in [2.75, 3.05) is 0 Å². The summed E-state index contributed by atoms with van der Waals surface area (Å²) in [4.78, 5) is 0. The van der Waals surface area contributed by atoms with Crippen molar-refractivity contribution < 1.29 is 0 Å². The molecular formula is C15H20ClN3. The van der Waals surface area contributed by atoms with Gasteiger partial charge in [-0.1, -0.05) is 17.7 Å². The molecule has 0 aliphatic rings. The predicted octanol–water partition coefficient (Wildman–Crippen LogP) is 4.06. The molecule has 0 aliphatic carbocycles. The standard InChI is InChI=1S/C15H20ClN3/c1-10-6-7-11(2)12(8-10)14-18-17-13(9-16)19(14)15(3,4)5/h6-8H,9H2,1-5H3. The number of rotatable bonds is 2. The van der Waals surface area contributed by atoms with Crippen LogP contribution in [0.2, 0.25) is 0 Å². The van der Waals surface area contributed by atoms with Gasteiger partial charge in [-0.05, 0) is 46.2 Å². The summed E-state index contributed by atoms with van der Waals surface area (Å²) in [5.41, 5.74) is 3.44. The van der Waals surface area contributed by atoms with Gasteiger partial charge >= 0.3 is 0 Å². The van der Waals surface area contributed by atoms with Gasteiger partial charge in [0, 0.05) is 11.1 Å². The Morgan fingerprint density at radius 1 is 1.16 bits per heavy atom. The molecule has 3 nitrogen and oxygen atoms in total. The van der Waals surface area contributed by atoms with Gasteiger partial charge in [0.1, 0.15) is 5.82 Å². The van der Waals surface area contributed by atoms with Gasteiger partial charge in [-0.2, -0.15) is 0 Å². The summed E-state index contributed by atoms with van der Waals surface area (Å²) in [6.45, 7) is 10.6. The highest BCUT2D eigenvalue weighted by Crippen LogP contribution is 2.29. The zero-order chi connectivity index (χ0) is 14.2. The van der Waals surface area contributed by atoms with Gasteiger partial charge in [0.25, 0.3) is 0 Å². The van der Waals surface area contributed by atoms with E-state index in [2.05, 4.69) is 67.6 Å². The third kappa shape index (κ3) is 2.66. The number of benzene rings is 1. The van der Waals surface area contributed by atoms with Gasteiger partial charge in [0.15, 0.2) is 5.82 Å². The molecule has 0 bridgehead atoms. The van der Waals surface area contributed by atoms with Crippen molar-refractivity contribution in [3.05, 3.63) is 35.2 Å². The second-order valence-electron chi connectivity index (χ2n) is 5.90. The highest BCUT2D eigenvalue weighted by molar-refractivity contribution is 6.16. The van der Waals surface area contributed by atoms with Crippen molar-refractivity contribution in [1.29, 1.82) is 0 Å². The second-order valence-corrected chi connectivity index (χ2v) is 6.17. The van der Waals surface area contributed by atoms with Crippen molar-refractivity contribution in [3.8, 4) is 11.4 Å². The van der Waals surface area contributed by atoms with Crippen LogP contribution in [-0.4, -0.2) is 14.8 Å². The lowest BCUT2D eigenvalue weighted by atomic mass is 10.0. The maximum Gasteiger partial charge on any atom is 0.164 e. The molecule has 0 unspecified atom stereocenters. The molecule has 0 amide bonds. The quantitative estimate of drug-likeness (QED) is 0.775. The molecule has 1 heterocycles. The van der Waals surface area contributed by atoms with Crippen LogP contribution in [-0.2, 0) is 11.4 Å². The van der Waals surface area contributed by atoms with E-state index in [9.17, 15) is 0 Å². The summed E-state index contributed by atoms with van der Waals surface area (Å²) in [6, 6.07) is 6.38. The highest BCUT2D eigenvalue weighted by Gasteiger charge is 2.24. The average Bonchev–Trinajstić information content (AvgIpc) is 2.75. The van der Waals surface area contributed by atoms with Crippen molar-refractivity contribution in [3.63, 3.8) is 0 Å². The van der Waals surface area contributed by atoms with E-state index in [0.717, 1.165) is 17.2 Å². The lowest BCUT2D eigenvalue weighted by Gasteiger charge is -2.25. The molecule has 1 aromatic carbocycles. The molecule has 19 heavy (non-hydrogen) atoms. The first kappa shape index (κ1) is 14.1. The molecule has 0 fully saturated rings. The van der Waals surface area contributed by atoms with Crippen LogP contribution in [0.1, 0.15) is 37.7 Å². The first-order valence-electron chi connectivity index (χ1n) is 6.43. The lowest BCUT2D eigenvalue weighted by Crippen LogP contribution is -2.25. The number of hydrogen-bond acceptors (Lipinski definition) is 2. The van der Waals surface area contributed by atoms with Gasteiger partial charge in [0.2, 0.25) is 0 Å². The molecule has 102 valence electrons. The Hall–Kier alpha value is -1.35. The van der Waals surface area contributed by atoms with E-state index >= 15 is 0 Å². The third-order valence-corrected chi connectivity index (χ3v) is 3.39. The van der Waals surface area contributed by atoms with Crippen molar-refractivity contribution >= 4 is 11.6 Å². The SMILES string of the molecule is Cc1ccc(C)c(-c2nnc(CCl)n2C(C)(C)C)c1. The van der Waals surface area contributed by atoms with Crippen molar-refractivity contribution in [1.82, 2.24) is 14.8 Å². The van der Waals surface area contributed by atoms with E-state index in [4.69, 9.17) is 11.6 Å². The van der Waals surface area contributed by atoms with E-state index < -0.39 is 0 Å². The fourth-order valence-electron chi connectivity index (χ4n) is 2.26. The van der Waals surface area contributed by atoms with Crippen LogP contribution in [0.5, 0.6) is 0 Å². The summed E-state index contributed by atoms with van der Waals surface area (Å²) >= 11 is 5.99. The minimum absolute atomic E-state index is 0.0980. The predicted molar refractivity (Wildman–Crippen MR) is 79.5 cm³/mol. The van der Waals surface area contributed by atoms with Crippen LogP contribution in [0, 0.1) is 13.8 Å². The number of hydrogen-bond donors (Lipinski definition) is 0.